The first-order valence-electron chi connectivity index (χ1n) is 6.33. The number of nitrogens with one attached hydrogen (secondary N) is 2. The van der Waals surface area contributed by atoms with E-state index in [2.05, 4.69) is 56.5 Å². The second-order valence-corrected chi connectivity index (χ2v) is 5.72. The van der Waals surface area contributed by atoms with Gasteiger partial charge in [-0.05, 0) is 43.1 Å². The molecule has 1 rings (SSSR count). The zero-order chi connectivity index (χ0) is 13.1. The minimum atomic E-state index is 0.224. The summed E-state index contributed by atoms with van der Waals surface area (Å²) in [6.07, 6.45) is 0. The van der Waals surface area contributed by atoms with Gasteiger partial charge in [-0.2, -0.15) is 0 Å². The summed E-state index contributed by atoms with van der Waals surface area (Å²) in [5.74, 6) is 0. The number of hydrogen-bond acceptors (Lipinski definition) is 2. The van der Waals surface area contributed by atoms with Crippen molar-refractivity contribution in [3.8, 4) is 0 Å². The van der Waals surface area contributed by atoms with E-state index in [1.165, 1.54) is 16.7 Å². The fourth-order valence-electron chi connectivity index (χ4n) is 2.10. The lowest BCUT2D eigenvalue weighted by Gasteiger charge is -2.23. The summed E-state index contributed by atoms with van der Waals surface area (Å²) in [4.78, 5) is 0. The zero-order valence-corrected chi connectivity index (χ0v) is 12.0. The standard InChI is InChI=1S/C15H26N2/c1-11-9-12(15(2,3)4)7-8-13(11)14(17-6)10-16-5/h7-9,14,16-17H,10H2,1-6H3. The first-order valence-corrected chi connectivity index (χ1v) is 6.33. The maximum Gasteiger partial charge on any atom is 0.0446 e. The van der Waals surface area contributed by atoms with E-state index < -0.39 is 0 Å². The second-order valence-electron chi connectivity index (χ2n) is 5.72. The summed E-state index contributed by atoms with van der Waals surface area (Å²) in [5, 5.41) is 6.58. The van der Waals surface area contributed by atoms with Gasteiger partial charge in [-0.25, -0.2) is 0 Å². The van der Waals surface area contributed by atoms with E-state index >= 15 is 0 Å². The van der Waals surface area contributed by atoms with Crippen LogP contribution in [0.2, 0.25) is 0 Å². The average Bonchev–Trinajstić information content (AvgIpc) is 2.25. The molecule has 96 valence electrons. The van der Waals surface area contributed by atoms with Crippen LogP contribution >= 0.6 is 0 Å². The largest absolute Gasteiger partial charge is 0.318 e. The predicted molar refractivity (Wildman–Crippen MR) is 75.6 cm³/mol. The van der Waals surface area contributed by atoms with E-state index in [4.69, 9.17) is 0 Å². The third-order valence-electron chi connectivity index (χ3n) is 3.27. The highest BCUT2D eigenvalue weighted by atomic mass is 14.9. The van der Waals surface area contributed by atoms with Gasteiger partial charge in [-0.1, -0.05) is 39.0 Å². The highest BCUT2D eigenvalue weighted by Gasteiger charge is 2.16. The summed E-state index contributed by atoms with van der Waals surface area (Å²) < 4.78 is 0. The molecule has 0 saturated heterocycles. The van der Waals surface area contributed by atoms with Crippen molar-refractivity contribution in [3.05, 3.63) is 34.9 Å². The molecule has 2 N–H and O–H groups in total. The molecule has 0 aliphatic rings. The minimum absolute atomic E-state index is 0.224. The zero-order valence-electron chi connectivity index (χ0n) is 12.0. The van der Waals surface area contributed by atoms with Gasteiger partial charge >= 0.3 is 0 Å². The number of benzene rings is 1. The van der Waals surface area contributed by atoms with E-state index in [0.717, 1.165) is 6.54 Å². The topological polar surface area (TPSA) is 24.1 Å². The van der Waals surface area contributed by atoms with Gasteiger partial charge in [0, 0.05) is 12.6 Å². The third-order valence-corrected chi connectivity index (χ3v) is 3.27. The molecule has 0 spiro atoms. The Balaban J connectivity index is 3.04. The summed E-state index contributed by atoms with van der Waals surface area (Å²) in [5.41, 5.74) is 4.38. The third kappa shape index (κ3) is 3.55. The van der Waals surface area contributed by atoms with Gasteiger partial charge in [-0.3, -0.25) is 0 Å². The van der Waals surface area contributed by atoms with Crippen molar-refractivity contribution in [3.63, 3.8) is 0 Å². The monoisotopic (exact) mass is 234 g/mol. The molecule has 1 unspecified atom stereocenters. The van der Waals surface area contributed by atoms with E-state index in [-0.39, 0.29) is 5.41 Å². The van der Waals surface area contributed by atoms with Gasteiger partial charge in [0.1, 0.15) is 0 Å². The van der Waals surface area contributed by atoms with Crippen molar-refractivity contribution in [1.29, 1.82) is 0 Å². The van der Waals surface area contributed by atoms with Crippen molar-refractivity contribution in [2.75, 3.05) is 20.6 Å². The Morgan fingerprint density at radius 3 is 2.24 bits per heavy atom. The van der Waals surface area contributed by atoms with Crippen molar-refractivity contribution >= 4 is 0 Å². The van der Waals surface area contributed by atoms with Crippen molar-refractivity contribution in [2.45, 2.75) is 39.2 Å². The van der Waals surface area contributed by atoms with Crippen LogP contribution in [0.3, 0.4) is 0 Å². The molecular weight excluding hydrogens is 208 g/mol. The normalized spacial score (nSPS) is 13.8. The van der Waals surface area contributed by atoms with Crippen LogP contribution in [0, 0.1) is 6.92 Å². The van der Waals surface area contributed by atoms with Crippen LogP contribution in [0.15, 0.2) is 18.2 Å². The molecule has 1 aromatic rings. The van der Waals surface area contributed by atoms with Crippen LogP contribution in [-0.4, -0.2) is 20.6 Å². The van der Waals surface area contributed by atoms with Crippen molar-refractivity contribution in [1.82, 2.24) is 10.6 Å². The Hall–Kier alpha value is -0.860. The highest BCUT2D eigenvalue weighted by molar-refractivity contribution is 5.36. The molecule has 2 nitrogen and oxygen atoms in total. The van der Waals surface area contributed by atoms with Crippen LogP contribution in [0.5, 0.6) is 0 Å². The molecule has 0 saturated carbocycles. The first kappa shape index (κ1) is 14.2. The van der Waals surface area contributed by atoms with Gasteiger partial charge in [0.25, 0.3) is 0 Å². The predicted octanol–water partition coefficient (Wildman–Crippen LogP) is 2.77. The smallest absolute Gasteiger partial charge is 0.0446 e. The lowest BCUT2D eigenvalue weighted by Crippen LogP contribution is -2.28. The van der Waals surface area contributed by atoms with Crippen molar-refractivity contribution < 1.29 is 0 Å². The minimum Gasteiger partial charge on any atom is -0.318 e. The molecule has 1 aromatic carbocycles. The number of likely N-dealkylation sites (N-methyl/N-ethyl adjacent to an activating group) is 2. The lowest BCUT2D eigenvalue weighted by molar-refractivity contribution is 0.552. The van der Waals surface area contributed by atoms with E-state index in [1.54, 1.807) is 0 Å². The SMILES string of the molecule is CNCC(NC)c1ccc(C(C)(C)C)cc1C. The molecule has 0 heterocycles. The Bertz CT molecular complexity index is 364. The molecule has 2 heteroatoms. The van der Waals surface area contributed by atoms with Gasteiger partial charge in [-0.15, -0.1) is 0 Å². The molecule has 0 aliphatic heterocycles. The first-order chi connectivity index (χ1) is 7.90. The molecule has 0 bridgehead atoms. The van der Waals surface area contributed by atoms with Gasteiger partial charge in [0.15, 0.2) is 0 Å². The maximum atomic E-state index is 3.36. The van der Waals surface area contributed by atoms with Crippen molar-refractivity contribution in [2.24, 2.45) is 0 Å². The van der Waals surface area contributed by atoms with Crippen LogP contribution in [0.25, 0.3) is 0 Å². The quantitative estimate of drug-likeness (QED) is 0.837. The lowest BCUT2D eigenvalue weighted by atomic mass is 9.84. The number of rotatable bonds is 4. The molecule has 0 amide bonds. The van der Waals surface area contributed by atoms with E-state index in [0.29, 0.717) is 6.04 Å². The molecule has 17 heavy (non-hydrogen) atoms. The van der Waals surface area contributed by atoms with E-state index in [1.807, 2.05) is 14.1 Å². The van der Waals surface area contributed by atoms with Crippen LogP contribution in [0.1, 0.15) is 43.5 Å². The fourth-order valence-corrected chi connectivity index (χ4v) is 2.10. The molecule has 0 fully saturated rings. The maximum absolute atomic E-state index is 3.36. The number of hydrogen-bond donors (Lipinski definition) is 2. The van der Waals surface area contributed by atoms with Crippen LogP contribution in [0.4, 0.5) is 0 Å². The van der Waals surface area contributed by atoms with E-state index in [9.17, 15) is 0 Å². The Kier molecular flexibility index (Phi) is 4.72. The van der Waals surface area contributed by atoms with Gasteiger partial charge in [0.2, 0.25) is 0 Å². The number of aryl methyl sites for hydroxylation is 1. The average molecular weight is 234 g/mol. The Morgan fingerprint density at radius 1 is 1.18 bits per heavy atom. The summed E-state index contributed by atoms with van der Waals surface area (Å²) >= 11 is 0. The molecular formula is C15H26N2. The van der Waals surface area contributed by atoms with Crippen LogP contribution in [-0.2, 0) is 5.41 Å². The fraction of sp³-hybridized carbons (Fsp3) is 0.600. The second kappa shape index (κ2) is 5.65. The molecule has 0 aliphatic carbocycles. The Morgan fingerprint density at radius 2 is 1.82 bits per heavy atom. The summed E-state index contributed by atoms with van der Waals surface area (Å²) in [6.45, 7) is 9.91. The van der Waals surface area contributed by atoms with Gasteiger partial charge < -0.3 is 10.6 Å². The Labute approximate surface area is 106 Å². The molecule has 0 aromatic heterocycles. The van der Waals surface area contributed by atoms with Crippen LogP contribution < -0.4 is 10.6 Å². The summed E-state index contributed by atoms with van der Waals surface area (Å²) in [7, 11) is 4.00. The summed E-state index contributed by atoms with van der Waals surface area (Å²) in [6, 6.07) is 7.21. The van der Waals surface area contributed by atoms with Gasteiger partial charge in [0.05, 0.1) is 0 Å². The highest BCUT2D eigenvalue weighted by Crippen LogP contribution is 2.26. The molecule has 0 radical (unpaired) electrons. The molecule has 1 atom stereocenters.